The zero-order chi connectivity index (χ0) is 17.0. The van der Waals surface area contributed by atoms with Gasteiger partial charge in [0.1, 0.15) is 0 Å². The predicted molar refractivity (Wildman–Crippen MR) is 103 cm³/mol. The Labute approximate surface area is 148 Å². The van der Waals surface area contributed by atoms with E-state index in [1.54, 1.807) is 18.7 Å². The van der Waals surface area contributed by atoms with Gasteiger partial charge in [0.2, 0.25) is 0 Å². The highest BCUT2D eigenvalue weighted by molar-refractivity contribution is 7.99. The van der Waals surface area contributed by atoms with Crippen molar-refractivity contribution in [1.29, 1.82) is 0 Å². The molecule has 124 valence electrons. The number of carbonyl (C=O) groups excluding carboxylic acids is 1. The maximum atomic E-state index is 11.3. The zero-order valence-electron chi connectivity index (χ0n) is 13.8. The van der Waals surface area contributed by atoms with Crippen LogP contribution in [0.3, 0.4) is 0 Å². The predicted octanol–water partition coefficient (Wildman–Crippen LogP) is 5.29. The van der Waals surface area contributed by atoms with Crippen LogP contribution in [0.15, 0.2) is 78.9 Å². The highest BCUT2D eigenvalue weighted by Gasteiger charge is 2.07. The Morgan fingerprint density at radius 2 is 1.75 bits per heavy atom. The maximum absolute atomic E-state index is 11.3. The smallest absolute Gasteiger partial charge is 0.330 e. The molecule has 2 nitrogen and oxygen atoms in total. The summed E-state index contributed by atoms with van der Waals surface area (Å²) in [6.07, 6.45) is 7.70. The van der Waals surface area contributed by atoms with Crippen molar-refractivity contribution in [3.63, 3.8) is 0 Å². The number of hydrogen-bond donors (Lipinski definition) is 0. The highest BCUT2D eigenvalue weighted by Crippen LogP contribution is 2.30. The fourth-order valence-corrected chi connectivity index (χ4v) is 3.12. The molecule has 0 heterocycles. The molecule has 0 saturated carbocycles. The summed E-state index contributed by atoms with van der Waals surface area (Å²) in [5.41, 5.74) is 2.43. The van der Waals surface area contributed by atoms with Crippen LogP contribution in [0.2, 0.25) is 0 Å². The first-order valence-electron chi connectivity index (χ1n) is 8.02. The van der Waals surface area contributed by atoms with E-state index in [1.165, 1.54) is 17.2 Å². The van der Waals surface area contributed by atoms with Crippen LogP contribution in [0.1, 0.15) is 23.3 Å². The van der Waals surface area contributed by atoms with Crippen LogP contribution in [0.4, 0.5) is 0 Å². The summed E-state index contributed by atoms with van der Waals surface area (Å²) >= 11 is 1.77. The van der Waals surface area contributed by atoms with Crippen LogP contribution >= 0.6 is 11.8 Å². The molecule has 0 aliphatic carbocycles. The molecule has 0 spiro atoms. The minimum absolute atomic E-state index is 0.234. The number of esters is 1. The summed E-state index contributed by atoms with van der Waals surface area (Å²) in [6, 6.07) is 20.6. The van der Waals surface area contributed by atoms with E-state index in [1.807, 2.05) is 42.5 Å². The van der Waals surface area contributed by atoms with Gasteiger partial charge in [0, 0.05) is 17.1 Å². The van der Waals surface area contributed by atoms with Crippen molar-refractivity contribution in [3.8, 4) is 0 Å². The number of ether oxygens (including phenoxy) is 1. The van der Waals surface area contributed by atoms with Gasteiger partial charge in [-0.2, -0.15) is 0 Å². The third-order valence-corrected chi connectivity index (χ3v) is 4.48. The van der Waals surface area contributed by atoms with E-state index >= 15 is 0 Å². The molecule has 0 saturated heterocycles. The second-order valence-corrected chi connectivity index (χ2v) is 6.26. The lowest BCUT2D eigenvalue weighted by Gasteiger charge is -2.12. The Morgan fingerprint density at radius 1 is 1.08 bits per heavy atom. The maximum Gasteiger partial charge on any atom is 0.330 e. The quantitative estimate of drug-likeness (QED) is 0.483. The van der Waals surface area contributed by atoms with Gasteiger partial charge in [-0.15, -0.1) is 11.8 Å². The van der Waals surface area contributed by atoms with E-state index in [0.717, 1.165) is 5.75 Å². The van der Waals surface area contributed by atoms with Crippen molar-refractivity contribution in [2.24, 2.45) is 0 Å². The van der Waals surface area contributed by atoms with Crippen molar-refractivity contribution in [2.75, 3.05) is 12.4 Å². The van der Waals surface area contributed by atoms with E-state index in [9.17, 15) is 4.79 Å². The second-order valence-electron chi connectivity index (χ2n) is 5.09. The van der Waals surface area contributed by atoms with Gasteiger partial charge in [0.25, 0.3) is 0 Å². The Hall–Kier alpha value is -2.26. The molecule has 24 heavy (non-hydrogen) atoms. The van der Waals surface area contributed by atoms with Crippen molar-refractivity contribution in [1.82, 2.24) is 0 Å². The van der Waals surface area contributed by atoms with Crippen LogP contribution in [0, 0.1) is 0 Å². The average Bonchev–Trinajstić information content (AvgIpc) is 2.63. The molecule has 0 N–H and O–H groups in total. The van der Waals surface area contributed by atoms with E-state index in [2.05, 4.69) is 36.4 Å². The normalized spacial score (nSPS) is 12.5. The van der Waals surface area contributed by atoms with Gasteiger partial charge in [0.15, 0.2) is 0 Å². The molecule has 0 radical (unpaired) electrons. The molecule has 1 unspecified atom stereocenters. The first-order valence-corrected chi connectivity index (χ1v) is 9.07. The molecule has 0 fully saturated rings. The Morgan fingerprint density at radius 3 is 2.42 bits per heavy atom. The summed E-state index contributed by atoms with van der Waals surface area (Å²) < 4.78 is 4.89. The van der Waals surface area contributed by atoms with Gasteiger partial charge in [-0.1, -0.05) is 78.9 Å². The first kappa shape index (κ1) is 18.1. The average molecular weight is 338 g/mol. The largest absolute Gasteiger partial charge is 0.463 e. The van der Waals surface area contributed by atoms with Crippen LogP contribution in [0.5, 0.6) is 0 Å². The third-order valence-electron chi connectivity index (χ3n) is 3.30. The lowest BCUT2D eigenvalue weighted by atomic mass is 10.1. The Kier molecular flexibility index (Phi) is 7.91. The third kappa shape index (κ3) is 6.47. The first-order chi connectivity index (χ1) is 11.8. The van der Waals surface area contributed by atoms with E-state index in [4.69, 9.17) is 4.74 Å². The van der Waals surface area contributed by atoms with Crippen LogP contribution in [-0.4, -0.2) is 18.3 Å². The van der Waals surface area contributed by atoms with E-state index in [0.29, 0.717) is 6.61 Å². The van der Waals surface area contributed by atoms with Crippen molar-refractivity contribution in [2.45, 2.75) is 12.2 Å². The molecular weight excluding hydrogens is 316 g/mol. The monoisotopic (exact) mass is 338 g/mol. The molecule has 0 aromatic heterocycles. The van der Waals surface area contributed by atoms with Crippen molar-refractivity contribution < 1.29 is 9.53 Å². The van der Waals surface area contributed by atoms with Crippen molar-refractivity contribution in [3.05, 3.63) is 90.0 Å². The second kappa shape index (κ2) is 10.5. The number of hydrogen-bond acceptors (Lipinski definition) is 3. The van der Waals surface area contributed by atoms with Crippen LogP contribution < -0.4 is 0 Å². The number of rotatable bonds is 8. The van der Waals surface area contributed by atoms with Crippen molar-refractivity contribution >= 4 is 23.8 Å². The van der Waals surface area contributed by atoms with Gasteiger partial charge in [-0.25, -0.2) is 4.79 Å². The SMILES string of the molecule is CCOC(=O)/C=C/CSC(/C=C/c1ccccc1)c1ccccc1. The minimum Gasteiger partial charge on any atom is -0.463 e. The molecule has 0 aliphatic heterocycles. The van der Waals surface area contributed by atoms with Gasteiger partial charge < -0.3 is 4.74 Å². The molecule has 3 heteroatoms. The van der Waals surface area contributed by atoms with Gasteiger partial charge >= 0.3 is 5.97 Å². The number of carbonyl (C=O) groups is 1. The number of thioether (sulfide) groups is 1. The van der Waals surface area contributed by atoms with Gasteiger partial charge in [-0.05, 0) is 18.1 Å². The van der Waals surface area contributed by atoms with Crippen LogP contribution in [-0.2, 0) is 9.53 Å². The summed E-state index contributed by atoms with van der Waals surface area (Å²) in [6.45, 7) is 2.21. The lowest BCUT2D eigenvalue weighted by molar-refractivity contribution is -0.137. The summed E-state index contributed by atoms with van der Waals surface area (Å²) in [4.78, 5) is 11.3. The van der Waals surface area contributed by atoms with E-state index in [-0.39, 0.29) is 11.2 Å². The summed E-state index contributed by atoms with van der Waals surface area (Å²) in [7, 11) is 0. The van der Waals surface area contributed by atoms with Gasteiger partial charge in [0.05, 0.1) is 6.61 Å². The molecule has 2 rings (SSSR count). The molecular formula is C21H22O2S. The number of benzene rings is 2. The van der Waals surface area contributed by atoms with Crippen LogP contribution in [0.25, 0.3) is 6.08 Å². The minimum atomic E-state index is -0.283. The zero-order valence-corrected chi connectivity index (χ0v) is 14.6. The standard InChI is InChI=1S/C21H22O2S/c1-2-23-21(22)14-9-17-24-20(19-12-7-4-8-13-19)16-15-18-10-5-3-6-11-18/h3-16,20H,2,17H2,1H3/b14-9+,16-15+. The molecule has 0 aliphatic rings. The summed E-state index contributed by atoms with van der Waals surface area (Å²) in [5.74, 6) is 0.464. The molecule has 2 aromatic rings. The summed E-state index contributed by atoms with van der Waals surface area (Å²) in [5, 5.41) is 0.234. The molecule has 1 atom stereocenters. The lowest BCUT2D eigenvalue weighted by Crippen LogP contribution is -1.99. The Bertz CT molecular complexity index is 663. The molecule has 0 bridgehead atoms. The Balaban J connectivity index is 2.01. The van der Waals surface area contributed by atoms with E-state index < -0.39 is 0 Å². The van der Waals surface area contributed by atoms with Gasteiger partial charge in [-0.3, -0.25) is 0 Å². The fourth-order valence-electron chi connectivity index (χ4n) is 2.16. The molecule has 0 amide bonds. The fraction of sp³-hybridized carbons (Fsp3) is 0.190. The highest BCUT2D eigenvalue weighted by atomic mass is 32.2. The molecule has 2 aromatic carbocycles. The topological polar surface area (TPSA) is 26.3 Å².